The molecule has 0 unspecified atom stereocenters. The second kappa shape index (κ2) is 11.9. The second-order valence-corrected chi connectivity index (χ2v) is 11.7. The van der Waals surface area contributed by atoms with Crippen LogP contribution in [0.3, 0.4) is 0 Å². The van der Waals surface area contributed by atoms with Gasteiger partial charge in [0.05, 0.1) is 10.9 Å². The van der Waals surface area contributed by atoms with E-state index in [1.807, 2.05) is 42.2 Å². The summed E-state index contributed by atoms with van der Waals surface area (Å²) in [4.78, 5) is 27.5. The van der Waals surface area contributed by atoms with Gasteiger partial charge in [-0.15, -0.1) is 11.6 Å². The molecule has 2 aliphatic heterocycles. The molecule has 3 heterocycles. The maximum absolute atomic E-state index is 13.0. The first-order valence-electron chi connectivity index (χ1n) is 12.6. The van der Waals surface area contributed by atoms with Crippen molar-refractivity contribution in [3.8, 4) is 0 Å². The van der Waals surface area contributed by atoms with E-state index in [2.05, 4.69) is 21.1 Å². The molecule has 38 heavy (non-hydrogen) atoms. The Morgan fingerprint density at radius 1 is 1.11 bits per heavy atom. The number of carboxylic acids is 1. The number of halogens is 1. The Bertz CT molecular complexity index is 1400. The molecular weight excluding hydrogens is 528 g/mol. The summed E-state index contributed by atoms with van der Waals surface area (Å²) in [5, 5.41) is 11.8. The number of fused-ring (bicyclic) bond motifs is 3. The lowest BCUT2D eigenvalue weighted by atomic mass is 9.88. The van der Waals surface area contributed by atoms with E-state index in [1.165, 1.54) is 5.56 Å². The molecular formula is C27H33ClN4O5S. The number of para-hydroxylation sites is 1. The van der Waals surface area contributed by atoms with Gasteiger partial charge < -0.3 is 20.3 Å². The van der Waals surface area contributed by atoms with Crippen LogP contribution in [-0.2, 0) is 26.0 Å². The molecule has 5 rings (SSSR count). The molecule has 1 aromatic heterocycles. The van der Waals surface area contributed by atoms with Crippen molar-refractivity contribution in [2.24, 2.45) is 0 Å². The third-order valence-electron chi connectivity index (χ3n) is 6.94. The summed E-state index contributed by atoms with van der Waals surface area (Å²) in [5.74, 6) is -1.09. The van der Waals surface area contributed by atoms with Gasteiger partial charge in [0.2, 0.25) is 15.9 Å². The molecule has 2 aliphatic rings. The van der Waals surface area contributed by atoms with Crippen LogP contribution in [0.15, 0.2) is 53.4 Å². The number of carboxylic acid groups (broad SMARTS) is 1. The minimum absolute atomic E-state index is 0.0482. The zero-order valence-corrected chi connectivity index (χ0v) is 23.0. The molecule has 1 saturated heterocycles. The number of rotatable bonds is 5. The zero-order valence-electron chi connectivity index (χ0n) is 21.4. The maximum Gasteiger partial charge on any atom is 0.300 e. The molecule has 0 spiro atoms. The summed E-state index contributed by atoms with van der Waals surface area (Å²) in [7, 11) is -3.62. The number of nitrogens with one attached hydrogen (secondary N) is 3. The smallest absolute Gasteiger partial charge is 0.300 e. The Balaban J connectivity index is 0.000000786. The lowest BCUT2D eigenvalue weighted by molar-refractivity contribution is -0.134. The zero-order chi connectivity index (χ0) is 27.4. The van der Waals surface area contributed by atoms with Gasteiger partial charge in [-0.2, -0.15) is 0 Å². The number of alkyl halides is 1. The summed E-state index contributed by atoms with van der Waals surface area (Å²) < 4.78 is 28.7. The average molecular weight is 561 g/mol. The highest BCUT2D eigenvalue weighted by Gasteiger charge is 2.38. The number of carbonyl (C=O) groups excluding carboxylic acids is 1. The number of aromatic nitrogens is 1. The lowest BCUT2D eigenvalue weighted by Gasteiger charge is -2.40. The SMILES string of the molecule is CC(=O)O.C[C@H]1Cc2c([nH]c3ccccc23)[C@@H](c2ccc(S(=O)(=O)NC3CCNCC3)cc2)N1C(=O)CCl. The number of hydrogen-bond donors (Lipinski definition) is 4. The van der Waals surface area contributed by atoms with Gasteiger partial charge >= 0.3 is 0 Å². The fraction of sp³-hybridized carbons (Fsp3) is 0.407. The van der Waals surface area contributed by atoms with Crippen LogP contribution in [0.25, 0.3) is 10.9 Å². The number of carbonyl (C=O) groups is 2. The Hall–Kier alpha value is -2.92. The number of piperidine rings is 1. The molecule has 1 amide bonds. The van der Waals surface area contributed by atoms with Crippen molar-refractivity contribution in [2.45, 2.75) is 56.1 Å². The van der Waals surface area contributed by atoms with E-state index < -0.39 is 16.0 Å². The van der Waals surface area contributed by atoms with Crippen LogP contribution in [-0.4, -0.2) is 66.3 Å². The Morgan fingerprint density at radius 3 is 2.37 bits per heavy atom. The van der Waals surface area contributed by atoms with Crippen molar-refractivity contribution in [2.75, 3.05) is 19.0 Å². The third kappa shape index (κ3) is 6.04. The van der Waals surface area contributed by atoms with Crippen molar-refractivity contribution < 1.29 is 23.1 Å². The number of hydrogen-bond acceptors (Lipinski definition) is 5. The predicted molar refractivity (Wildman–Crippen MR) is 147 cm³/mol. The van der Waals surface area contributed by atoms with Crippen molar-refractivity contribution in [3.05, 3.63) is 65.4 Å². The topological polar surface area (TPSA) is 132 Å². The van der Waals surface area contributed by atoms with Gasteiger partial charge in [0.25, 0.3) is 5.97 Å². The summed E-state index contributed by atoms with van der Waals surface area (Å²) >= 11 is 5.99. The van der Waals surface area contributed by atoms with Gasteiger partial charge in [-0.3, -0.25) is 9.59 Å². The molecule has 0 bridgehead atoms. The molecule has 4 N–H and O–H groups in total. The minimum atomic E-state index is -3.62. The highest BCUT2D eigenvalue weighted by atomic mass is 35.5. The van der Waals surface area contributed by atoms with Crippen molar-refractivity contribution in [1.82, 2.24) is 19.9 Å². The Kier molecular flexibility index (Phi) is 8.77. The monoisotopic (exact) mass is 560 g/mol. The number of aromatic amines is 1. The quantitative estimate of drug-likeness (QED) is 0.354. The van der Waals surface area contributed by atoms with E-state index in [-0.39, 0.29) is 34.8 Å². The molecule has 204 valence electrons. The third-order valence-corrected chi connectivity index (χ3v) is 8.71. The second-order valence-electron chi connectivity index (χ2n) is 9.69. The number of H-pyrrole nitrogens is 1. The van der Waals surface area contributed by atoms with Crippen LogP contribution in [0.4, 0.5) is 0 Å². The Labute approximate surface area is 227 Å². The van der Waals surface area contributed by atoms with Crippen LogP contribution < -0.4 is 10.0 Å². The molecule has 0 aliphatic carbocycles. The summed E-state index contributed by atoms with van der Waals surface area (Å²) in [6.45, 7) is 4.73. The molecule has 2 atom stereocenters. The number of benzene rings is 2. The molecule has 0 saturated carbocycles. The molecule has 0 radical (unpaired) electrons. The standard InChI is InChI=1S/C25H29ClN4O3S.C2H4O2/c1-16-14-21-20-4-2-3-5-22(20)28-24(21)25(30(16)23(31)15-26)17-6-8-19(9-7-17)34(32,33)29-18-10-12-27-13-11-18;1-2(3)4/h2-9,16,18,25,27-29H,10-15H2,1H3;1H3,(H,3,4)/t16-,25+;/m0./s1. The number of amides is 1. The van der Waals surface area contributed by atoms with Crippen LogP contribution in [0, 0.1) is 0 Å². The molecule has 11 heteroatoms. The van der Waals surface area contributed by atoms with E-state index in [0.717, 1.165) is 61.4 Å². The van der Waals surface area contributed by atoms with Crippen molar-refractivity contribution in [1.29, 1.82) is 0 Å². The number of nitrogens with zero attached hydrogens (tertiary/aromatic N) is 1. The highest BCUT2D eigenvalue weighted by molar-refractivity contribution is 7.89. The van der Waals surface area contributed by atoms with Crippen LogP contribution >= 0.6 is 11.6 Å². The van der Waals surface area contributed by atoms with Gasteiger partial charge in [0, 0.05) is 35.6 Å². The predicted octanol–water partition coefficient (Wildman–Crippen LogP) is 3.39. The first kappa shape index (κ1) is 28.1. The van der Waals surface area contributed by atoms with E-state index in [1.54, 1.807) is 12.1 Å². The number of sulfonamides is 1. The lowest BCUT2D eigenvalue weighted by Crippen LogP contribution is -2.47. The minimum Gasteiger partial charge on any atom is -0.481 e. The molecule has 3 aromatic rings. The first-order valence-corrected chi connectivity index (χ1v) is 14.6. The Morgan fingerprint density at radius 2 is 1.74 bits per heavy atom. The van der Waals surface area contributed by atoms with Crippen LogP contribution in [0.5, 0.6) is 0 Å². The van der Waals surface area contributed by atoms with Gasteiger partial charge in [0.1, 0.15) is 5.88 Å². The van der Waals surface area contributed by atoms with Gasteiger partial charge in [-0.05, 0) is 68.6 Å². The molecule has 2 aromatic carbocycles. The van der Waals surface area contributed by atoms with Gasteiger partial charge in [-0.1, -0.05) is 30.3 Å². The highest BCUT2D eigenvalue weighted by Crippen LogP contribution is 2.41. The fourth-order valence-electron chi connectivity index (χ4n) is 5.30. The van der Waals surface area contributed by atoms with E-state index >= 15 is 0 Å². The van der Waals surface area contributed by atoms with Crippen LogP contribution in [0.1, 0.15) is 49.6 Å². The molecule has 1 fully saturated rings. The summed E-state index contributed by atoms with van der Waals surface area (Å²) in [6.07, 6.45) is 2.27. The summed E-state index contributed by atoms with van der Waals surface area (Å²) in [6, 6.07) is 14.5. The van der Waals surface area contributed by atoms with Crippen molar-refractivity contribution >= 4 is 44.4 Å². The fourth-order valence-corrected chi connectivity index (χ4v) is 6.75. The van der Waals surface area contributed by atoms with Crippen LogP contribution in [0.2, 0.25) is 0 Å². The summed E-state index contributed by atoms with van der Waals surface area (Å²) in [5.41, 5.74) is 4.02. The molecule has 9 nitrogen and oxygen atoms in total. The maximum atomic E-state index is 13.0. The van der Waals surface area contributed by atoms with Crippen molar-refractivity contribution in [3.63, 3.8) is 0 Å². The van der Waals surface area contributed by atoms with Gasteiger partial charge in [0.15, 0.2) is 0 Å². The average Bonchev–Trinajstić information content (AvgIpc) is 3.25. The van der Waals surface area contributed by atoms with E-state index in [0.29, 0.717) is 0 Å². The number of aliphatic carboxylic acids is 1. The normalized spacial score (nSPS) is 19.9. The van der Waals surface area contributed by atoms with Gasteiger partial charge in [-0.25, -0.2) is 13.1 Å². The largest absolute Gasteiger partial charge is 0.481 e. The van der Waals surface area contributed by atoms with E-state index in [9.17, 15) is 13.2 Å². The van der Waals surface area contributed by atoms with E-state index in [4.69, 9.17) is 21.5 Å². The first-order chi connectivity index (χ1) is 18.1.